The molecule has 7 heteroatoms. The second-order valence-corrected chi connectivity index (χ2v) is 6.22. The van der Waals surface area contributed by atoms with E-state index >= 15 is 0 Å². The predicted molar refractivity (Wildman–Crippen MR) is 91.8 cm³/mol. The van der Waals surface area contributed by atoms with Crippen LogP contribution in [0.25, 0.3) is 0 Å². The number of hydrogen-bond donors (Lipinski definition) is 1. The zero-order valence-corrected chi connectivity index (χ0v) is 14.3. The van der Waals surface area contributed by atoms with Gasteiger partial charge in [0.1, 0.15) is 17.7 Å². The molecule has 2 aromatic heterocycles. The molecule has 0 radical (unpaired) electrons. The SMILES string of the molecule is CN(C)c1cc(NC(=O)[C@@H]2CCCO[C@H]2c2nccn2C)ccn1. The van der Waals surface area contributed by atoms with Gasteiger partial charge in [0.2, 0.25) is 5.91 Å². The first-order chi connectivity index (χ1) is 11.6. The van der Waals surface area contributed by atoms with E-state index in [9.17, 15) is 4.79 Å². The Morgan fingerprint density at radius 2 is 2.21 bits per heavy atom. The van der Waals surface area contributed by atoms with E-state index in [0.29, 0.717) is 6.61 Å². The van der Waals surface area contributed by atoms with Crippen molar-refractivity contribution in [1.29, 1.82) is 0 Å². The molecular weight excluding hydrogens is 306 g/mol. The van der Waals surface area contributed by atoms with Crippen LogP contribution >= 0.6 is 0 Å². The molecule has 0 aliphatic carbocycles. The van der Waals surface area contributed by atoms with Gasteiger partial charge in [-0.05, 0) is 18.9 Å². The molecule has 7 nitrogen and oxygen atoms in total. The van der Waals surface area contributed by atoms with Crippen molar-refractivity contribution < 1.29 is 9.53 Å². The molecular formula is C17H23N5O2. The summed E-state index contributed by atoms with van der Waals surface area (Å²) in [6, 6.07) is 3.65. The molecule has 0 saturated carbocycles. The second kappa shape index (κ2) is 7.00. The number of rotatable bonds is 4. The molecule has 2 aromatic rings. The molecule has 1 aliphatic rings. The number of aromatic nitrogens is 3. The Morgan fingerprint density at radius 3 is 2.92 bits per heavy atom. The lowest BCUT2D eigenvalue weighted by Crippen LogP contribution is -2.34. The van der Waals surface area contributed by atoms with Crippen molar-refractivity contribution in [2.45, 2.75) is 18.9 Å². The molecule has 0 spiro atoms. The van der Waals surface area contributed by atoms with Gasteiger partial charge >= 0.3 is 0 Å². The normalized spacial score (nSPS) is 20.6. The summed E-state index contributed by atoms with van der Waals surface area (Å²) in [6.45, 7) is 0.654. The number of ether oxygens (including phenoxy) is 1. The van der Waals surface area contributed by atoms with Crippen LogP contribution in [-0.2, 0) is 16.6 Å². The van der Waals surface area contributed by atoms with Gasteiger partial charge in [-0.25, -0.2) is 9.97 Å². The Labute approximate surface area is 141 Å². The molecule has 1 aliphatic heterocycles. The van der Waals surface area contributed by atoms with Crippen molar-refractivity contribution >= 4 is 17.4 Å². The lowest BCUT2D eigenvalue weighted by Gasteiger charge is -2.30. The van der Waals surface area contributed by atoms with E-state index in [-0.39, 0.29) is 17.9 Å². The third-order valence-corrected chi connectivity index (χ3v) is 4.24. The number of hydrogen-bond acceptors (Lipinski definition) is 5. The molecule has 128 valence electrons. The molecule has 0 aromatic carbocycles. The van der Waals surface area contributed by atoms with Gasteiger partial charge in [0, 0.05) is 58.1 Å². The first kappa shape index (κ1) is 16.4. The monoisotopic (exact) mass is 329 g/mol. The van der Waals surface area contributed by atoms with Crippen LogP contribution in [0, 0.1) is 5.92 Å². The van der Waals surface area contributed by atoms with Gasteiger partial charge in [-0.1, -0.05) is 0 Å². The summed E-state index contributed by atoms with van der Waals surface area (Å²) in [7, 11) is 5.75. The lowest BCUT2D eigenvalue weighted by molar-refractivity contribution is -0.130. The van der Waals surface area contributed by atoms with Crippen molar-refractivity contribution in [1.82, 2.24) is 14.5 Å². The first-order valence-corrected chi connectivity index (χ1v) is 8.09. The summed E-state index contributed by atoms with van der Waals surface area (Å²) in [5.74, 6) is 1.29. The maximum atomic E-state index is 12.8. The van der Waals surface area contributed by atoms with Gasteiger partial charge in [0.05, 0.1) is 5.92 Å². The first-order valence-electron chi connectivity index (χ1n) is 8.09. The number of carbonyl (C=O) groups excluding carboxylic acids is 1. The summed E-state index contributed by atoms with van der Waals surface area (Å²) in [6.07, 6.45) is 6.64. The maximum absolute atomic E-state index is 12.8. The van der Waals surface area contributed by atoms with E-state index in [1.807, 2.05) is 42.9 Å². The fraction of sp³-hybridized carbons (Fsp3) is 0.471. The fourth-order valence-corrected chi connectivity index (χ4v) is 2.93. The number of imidazole rings is 1. The zero-order valence-electron chi connectivity index (χ0n) is 14.3. The number of pyridine rings is 1. The Morgan fingerprint density at radius 1 is 1.38 bits per heavy atom. The number of carbonyl (C=O) groups is 1. The highest BCUT2D eigenvalue weighted by Crippen LogP contribution is 2.33. The van der Waals surface area contributed by atoms with Crippen LogP contribution in [-0.4, -0.2) is 41.1 Å². The van der Waals surface area contributed by atoms with E-state index in [0.717, 1.165) is 30.2 Å². The number of anilines is 2. The van der Waals surface area contributed by atoms with Crippen molar-refractivity contribution in [2.75, 3.05) is 30.9 Å². The molecule has 1 amide bonds. The summed E-state index contributed by atoms with van der Waals surface area (Å²) in [4.78, 5) is 23.3. The van der Waals surface area contributed by atoms with E-state index in [1.54, 1.807) is 18.5 Å². The van der Waals surface area contributed by atoms with Crippen LogP contribution in [0.4, 0.5) is 11.5 Å². The van der Waals surface area contributed by atoms with Gasteiger partial charge in [0.15, 0.2) is 0 Å². The second-order valence-electron chi connectivity index (χ2n) is 6.22. The van der Waals surface area contributed by atoms with Crippen molar-refractivity contribution in [3.63, 3.8) is 0 Å². The summed E-state index contributed by atoms with van der Waals surface area (Å²) in [5, 5.41) is 3.00. The Bertz CT molecular complexity index is 713. The van der Waals surface area contributed by atoms with Crippen LogP contribution in [0.15, 0.2) is 30.7 Å². The van der Waals surface area contributed by atoms with Gasteiger partial charge < -0.3 is 19.5 Å². The van der Waals surface area contributed by atoms with E-state index in [4.69, 9.17) is 4.74 Å². The number of nitrogens with zero attached hydrogens (tertiary/aromatic N) is 4. The summed E-state index contributed by atoms with van der Waals surface area (Å²) < 4.78 is 7.78. The number of nitrogens with one attached hydrogen (secondary N) is 1. The number of aryl methyl sites for hydroxylation is 1. The fourth-order valence-electron chi connectivity index (χ4n) is 2.93. The Kier molecular flexibility index (Phi) is 4.80. The average Bonchev–Trinajstić information content (AvgIpc) is 3.01. The molecule has 1 saturated heterocycles. The van der Waals surface area contributed by atoms with Crippen LogP contribution < -0.4 is 10.2 Å². The molecule has 0 unspecified atom stereocenters. The molecule has 2 atom stereocenters. The van der Waals surface area contributed by atoms with E-state index in [1.165, 1.54) is 0 Å². The minimum atomic E-state index is -0.311. The van der Waals surface area contributed by atoms with Crippen LogP contribution in [0.2, 0.25) is 0 Å². The summed E-state index contributed by atoms with van der Waals surface area (Å²) >= 11 is 0. The van der Waals surface area contributed by atoms with Crippen LogP contribution in [0.5, 0.6) is 0 Å². The van der Waals surface area contributed by atoms with Crippen LogP contribution in [0.1, 0.15) is 24.8 Å². The highest BCUT2D eigenvalue weighted by atomic mass is 16.5. The van der Waals surface area contributed by atoms with Crippen LogP contribution in [0.3, 0.4) is 0 Å². The van der Waals surface area contributed by atoms with Gasteiger partial charge in [0.25, 0.3) is 0 Å². The zero-order chi connectivity index (χ0) is 17.1. The molecule has 3 heterocycles. The quantitative estimate of drug-likeness (QED) is 0.929. The minimum Gasteiger partial charge on any atom is -0.369 e. The smallest absolute Gasteiger partial charge is 0.230 e. The molecule has 1 fully saturated rings. The van der Waals surface area contributed by atoms with Gasteiger partial charge in [-0.15, -0.1) is 0 Å². The third kappa shape index (κ3) is 3.41. The highest BCUT2D eigenvalue weighted by Gasteiger charge is 2.35. The van der Waals surface area contributed by atoms with E-state index < -0.39 is 0 Å². The Hall–Kier alpha value is -2.41. The molecule has 24 heavy (non-hydrogen) atoms. The lowest BCUT2D eigenvalue weighted by atomic mass is 9.92. The minimum absolute atomic E-state index is 0.0430. The van der Waals surface area contributed by atoms with E-state index in [2.05, 4.69) is 15.3 Å². The molecule has 3 rings (SSSR count). The van der Waals surface area contributed by atoms with Crippen molar-refractivity contribution in [3.8, 4) is 0 Å². The average molecular weight is 329 g/mol. The molecule has 0 bridgehead atoms. The number of amides is 1. The topological polar surface area (TPSA) is 72.3 Å². The van der Waals surface area contributed by atoms with Gasteiger partial charge in [-0.3, -0.25) is 4.79 Å². The van der Waals surface area contributed by atoms with Crippen molar-refractivity contribution in [3.05, 3.63) is 36.5 Å². The molecule has 1 N–H and O–H groups in total. The predicted octanol–water partition coefficient (Wildman–Crippen LogP) is 1.99. The highest BCUT2D eigenvalue weighted by molar-refractivity contribution is 5.93. The Balaban J connectivity index is 1.77. The maximum Gasteiger partial charge on any atom is 0.230 e. The largest absolute Gasteiger partial charge is 0.369 e. The van der Waals surface area contributed by atoms with Crippen molar-refractivity contribution in [2.24, 2.45) is 13.0 Å². The standard InChI is InChI=1S/C17H23N5O2/c1-21(2)14-11-12(6-7-18-14)20-17(23)13-5-4-10-24-15(13)16-19-8-9-22(16)3/h6-9,11,13,15H,4-5,10H2,1-3H3,(H,18,20,23)/t13-,15-/m1/s1. The third-order valence-electron chi connectivity index (χ3n) is 4.24. The van der Waals surface area contributed by atoms with Gasteiger partial charge in [-0.2, -0.15) is 0 Å². The summed E-state index contributed by atoms with van der Waals surface area (Å²) in [5.41, 5.74) is 0.739.